The van der Waals surface area contributed by atoms with Gasteiger partial charge in [-0.1, -0.05) is 12.1 Å². The van der Waals surface area contributed by atoms with Crippen molar-refractivity contribution in [2.75, 3.05) is 19.6 Å². The van der Waals surface area contributed by atoms with Crippen LogP contribution >= 0.6 is 0 Å². The van der Waals surface area contributed by atoms with Crippen LogP contribution in [0.25, 0.3) is 0 Å². The van der Waals surface area contributed by atoms with Gasteiger partial charge in [-0.3, -0.25) is 24.1 Å². The topological polar surface area (TPSA) is 109 Å². The van der Waals surface area contributed by atoms with Crippen LogP contribution in [0.4, 0.5) is 0 Å². The van der Waals surface area contributed by atoms with E-state index in [1.54, 1.807) is 36.4 Å². The van der Waals surface area contributed by atoms with Crippen LogP contribution in [-0.4, -0.2) is 48.2 Å². The van der Waals surface area contributed by atoms with Gasteiger partial charge in [0.15, 0.2) is 5.76 Å². The molecule has 0 bridgehead atoms. The lowest BCUT2D eigenvalue weighted by atomic mass is 10.1. The van der Waals surface area contributed by atoms with Crippen molar-refractivity contribution in [3.63, 3.8) is 0 Å². The molecule has 8 nitrogen and oxygen atoms in total. The summed E-state index contributed by atoms with van der Waals surface area (Å²) in [6.07, 6.45) is 1.96. The van der Waals surface area contributed by atoms with Gasteiger partial charge in [0.1, 0.15) is 0 Å². The summed E-state index contributed by atoms with van der Waals surface area (Å²) in [6, 6.07) is 9.84. The van der Waals surface area contributed by atoms with Crippen LogP contribution in [0.1, 0.15) is 44.1 Å². The predicted molar refractivity (Wildman–Crippen MR) is 95.1 cm³/mol. The van der Waals surface area contributed by atoms with Crippen LogP contribution < -0.4 is 10.6 Å². The zero-order valence-corrected chi connectivity index (χ0v) is 14.6. The molecule has 0 saturated carbocycles. The minimum atomic E-state index is -0.347. The lowest BCUT2D eigenvalue weighted by Gasteiger charge is -2.13. The lowest BCUT2D eigenvalue weighted by Crippen LogP contribution is -2.35. The third-order valence-electron chi connectivity index (χ3n) is 4.14. The minimum absolute atomic E-state index is 0.180. The van der Waals surface area contributed by atoms with E-state index in [1.807, 2.05) is 0 Å². The zero-order chi connectivity index (χ0) is 19.2. The maximum absolute atomic E-state index is 12.2. The highest BCUT2D eigenvalue weighted by atomic mass is 16.3. The number of carbonyl (C=O) groups excluding carboxylic acids is 4. The van der Waals surface area contributed by atoms with Gasteiger partial charge in [0, 0.05) is 26.1 Å². The summed E-state index contributed by atoms with van der Waals surface area (Å²) in [6.45, 7) is 0.733. The first-order chi connectivity index (χ1) is 13.1. The zero-order valence-electron chi connectivity index (χ0n) is 14.6. The van der Waals surface area contributed by atoms with Crippen molar-refractivity contribution in [3.8, 4) is 0 Å². The maximum atomic E-state index is 12.2. The van der Waals surface area contributed by atoms with Crippen LogP contribution in [0, 0.1) is 0 Å². The van der Waals surface area contributed by atoms with E-state index in [0.717, 1.165) is 0 Å². The van der Waals surface area contributed by atoms with Crippen LogP contribution in [0.2, 0.25) is 0 Å². The summed E-state index contributed by atoms with van der Waals surface area (Å²) in [7, 11) is 0. The molecule has 0 fully saturated rings. The number of imide groups is 1. The van der Waals surface area contributed by atoms with Crippen LogP contribution in [0.15, 0.2) is 47.1 Å². The van der Waals surface area contributed by atoms with Gasteiger partial charge < -0.3 is 15.1 Å². The monoisotopic (exact) mass is 369 g/mol. The number of benzene rings is 1. The fourth-order valence-electron chi connectivity index (χ4n) is 2.80. The highest BCUT2D eigenvalue weighted by Crippen LogP contribution is 2.22. The molecule has 1 aromatic carbocycles. The molecule has 1 aliphatic rings. The molecule has 4 amide bonds. The Labute approximate surface area is 155 Å². The maximum Gasteiger partial charge on any atom is 0.287 e. The average molecular weight is 369 g/mol. The number of nitrogens with zero attached hydrogens (tertiary/aromatic N) is 1. The normalized spacial score (nSPS) is 12.8. The molecule has 2 N–H and O–H groups in total. The number of amides is 4. The van der Waals surface area contributed by atoms with Gasteiger partial charge in [-0.2, -0.15) is 0 Å². The first-order valence-corrected chi connectivity index (χ1v) is 8.61. The summed E-state index contributed by atoms with van der Waals surface area (Å²) in [5.41, 5.74) is 0.804. The molecule has 0 unspecified atom stereocenters. The molecule has 0 radical (unpaired) electrons. The highest BCUT2D eigenvalue weighted by molar-refractivity contribution is 6.21. The van der Waals surface area contributed by atoms with Gasteiger partial charge in [0.05, 0.1) is 17.4 Å². The Morgan fingerprint density at radius 1 is 0.926 bits per heavy atom. The van der Waals surface area contributed by atoms with Gasteiger partial charge in [-0.25, -0.2) is 0 Å². The molecule has 0 aliphatic carbocycles. The number of hydrogen-bond acceptors (Lipinski definition) is 5. The Hall–Kier alpha value is -3.42. The number of nitrogens with one attached hydrogen (secondary N) is 2. The largest absolute Gasteiger partial charge is 0.459 e. The molecule has 1 aliphatic heterocycles. The second kappa shape index (κ2) is 8.31. The molecule has 2 aromatic rings. The first-order valence-electron chi connectivity index (χ1n) is 8.61. The van der Waals surface area contributed by atoms with E-state index in [-0.39, 0.29) is 55.4 Å². The van der Waals surface area contributed by atoms with E-state index >= 15 is 0 Å². The van der Waals surface area contributed by atoms with Gasteiger partial charge >= 0.3 is 0 Å². The SMILES string of the molecule is O=C(CCCN1C(=O)c2ccccc2C1=O)NCCNC(=O)c1ccco1. The van der Waals surface area contributed by atoms with Gasteiger partial charge in [0.25, 0.3) is 17.7 Å². The molecular formula is C19H19N3O5. The van der Waals surface area contributed by atoms with Gasteiger partial charge in [0.2, 0.25) is 5.91 Å². The fraction of sp³-hybridized carbons (Fsp3) is 0.263. The number of carbonyl (C=O) groups is 4. The third-order valence-corrected chi connectivity index (χ3v) is 4.14. The van der Waals surface area contributed by atoms with Crippen molar-refractivity contribution in [1.82, 2.24) is 15.5 Å². The number of hydrogen-bond donors (Lipinski definition) is 2. The molecule has 1 aromatic heterocycles. The highest BCUT2D eigenvalue weighted by Gasteiger charge is 2.34. The molecule has 140 valence electrons. The molecular weight excluding hydrogens is 350 g/mol. The Morgan fingerprint density at radius 2 is 1.59 bits per heavy atom. The average Bonchev–Trinajstić information content (AvgIpc) is 3.29. The summed E-state index contributed by atoms with van der Waals surface area (Å²) in [4.78, 5) is 49.1. The molecule has 0 saturated heterocycles. The Bertz CT molecular complexity index is 825. The summed E-state index contributed by atoms with van der Waals surface area (Å²) < 4.78 is 4.96. The van der Waals surface area contributed by atoms with Crippen molar-refractivity contribution >= 4 is 23.6 Å². The summed E-state index contributed by atoms with van der Waals surface area (Å²) >= 11 is 0. The second-order valence-corrected chi connectivity index (χ2v) is 5.99. The van der Waals surface area contributed by atoms with Crippen LogP contribution in [0.5, 0.6) is 0 Å². The van der Waals surface area contributed by atoms with Crippen LogP contribution in [0.3, 0.4) is 0 Å². The summed E-state index contributed by atoms with van der Waals surface area (Å²) in [5, 5.41) is 5.29. The molecule has 8 heteroatoms. The fourth-order valence-corrected chi connectivity index (χ4v) is 2.80. The third kappa shape index (κ3) is 4.22. The Balaban J connectivity index is 1.34. The lowest BCUT2D eigenvalue weighted by molar-refractivity contribution is -0.121. The number of fused-ring (bicyclic) bond motifs is 1. The Morgan fingerprint density at radius 3 is 2.22 bits per heavy atom. The molecule has 27 heavy (non-hydrogen) atoms. The number of furan rings is 1. The van der Waals surface area contributed by atoms with Crippen molar-refractivity contribution in [3.05, 3.63) is 59.5 Å². The van der Waals surface area contributed by atoms with Crippen molar-refractivity contribution < 1.29 is 23.6 Å². The van der Waals surface area contributed by atoms with E-state index in [2.05, 4.69) is 10.6 Å². The van der Waals surface area contributed by atoms with Crippen LogP contribution in [-0.2, 0) is 4.79 Å². The first kappa shape index (κ1) is 18.4. The Kier molecular flexibility index (Phi) is 5.65. The molecule has 0 atom stereocenters. The standard InChI is InChI=1S/C19H19N3O5/c23-16(20-9-10-21-17(24)15-7-4-12-27-15)8-3-11-22-18(25)13-5-1-2-6-14(13)19(22)26/h1-2,4-7,12H,3,8-11H2,(H,20,23)(H,21,24). The summed E-state index contributed by atoms with van der Waals surface area (Å²) in [5.74, 6) is -0.991. The van der Waals surface area contributed by atoms with E-state index in [9.17, 15) is 19.2 Å². The van der Waals surface area contributed by atoms with Crippen molar-refractivity contribution in [2.45, 2.75) is 12.8 Å². The van der Waals surface area contributed by atoms with E-state index < -0.39 is 0 Å². The van der Waals surface area contributed by atoms with Crippen molar-refractivity contribution in [1.29, 1.82) is 0 Å². The van der Waals surface area contributed by atoms with Gasteiger partial charge in [-0.15, -0.1) is 0 Å². The predicted octanol–water partition coefficient (Wildman–Crippen LogP) is 1.20. The van der Waals surface area contributed by atoms with E-state index in [1.165, 1.54) is 11.2 Å². The second-order valence-electron chi connectivity index (χ2n) is 5.99. The molecule has 0 spiro atoms. The smallest absolute Gasteiger partial charge is 0.287 e. The van der Waals surface area contributed by atoms with E-state index in [4.69, 9.17) is 4.42 Å². The quantitative estimate of drug-likeness (QED) is 0.537. The molecule has 2 heterocycles. The van der Waals surface area contributed by atoms with Crippen molar-refractivity contribution in [2.24, 2.45) is 0 Å². The minimum Gasteiger partial charge on any atom is -0.459 e. The van der Waals surface area contributed by atoms with E-state index in [0.29, 0.717) is 17.5 Å². The number of rotatable bonds is 8. The molecule has 3 rings (SSSR count). The van der Waals surface area contributed by atoms with Gasteiger partial charge in [-0.05, 0) is 30.7 Å².